The van der Waals surface area contributed by atoms with Gasteiger partial charge in [-0.05, 0) is 43.0 Å². The smallest absolute Gasteiger partial charge is 0.234 e. The van der Waals surface area contributed by atoms with Crippen LogP contribution in [0, 0.1) is 5.92 Å². The van der Waals surface area contributed by atoms with Crippen molar-refractivity contribution in [1.29, 1.82) is 0 Å². The molecule has 0 bridgehead atoms. The van der Waals surface area contributed by atoms with Crippen molar-refractivity contribution in [3.8, 4) is 0 Å². The van der Waals surface area contributed by atoms with Crippen molar-refractivity contribution in [2.24, 2.45) is 5.92 Å². The molecule has 5 heteroatoms. The largest absolute Gasteiger partial charge is 0.399 e. The molecule has 0 aromatic heterocycles. The van der Waals surface area contributed by atoms with Crippen molar-refractivity contribution >= 4 is 17.3 Å². The molecule has 0 radical (unpaired) electrons. The van der Waals surface area contributed by atoms with Gasteiger partial charge in [-0.15, -0.1) is 0 Å². The number of hydrogen-bond donors (Lipinski definition) is 2. The minimum atomic E-state index is 0.169. The second kappa shape index (κ2) is 6.35. The number of nitrogens with one attached hydrogen (secondary N) is 1. The molecule has 0 spiro atoms. The molecule has 3 N–H and O–H groups in total. The zero-order valence-electron chi connectivity index (χ0n) is 12.4. The van der Waals surface area contributed by atoms with Gasteiger partial charge < -0.3 is 16.0 Å². The molecule has 21 heavy (non-hydrogen) atoms. The van der Waals surface area contributed by atoms with Gasteiger partial charge in [-0.1, -0.05) is 0 Å². The second-order valence-corrected chi connectivity index (χ2v) is 6.10. The lowest BCUT2D eigenvalue weighted by Crippen LogP contribution is -2.49. The van der Waals surface area contributed by atoms with Crippen LogP contribution in [0.2, 0.25) is 0 Å². The molecule has 1 heterocycles. The Bertz CT molecular complexity index is 476. The van der Waals surface area contributed by atoms with Crippen LogP contribution in [0.4, 0.5) is 11.4 Å². The van der Waals surface area contributed by atoms with E-state index in [0.29, 0.717) is 6.54 Å². The number of nitrogens with two attached hydrogens (primary N) is 1. The summed E-state index contributed by atoms with van der Waals surface area (Å²) in [5, 5.41) is 3.03. The molecular formula is C16H24N4O. The molecule has 0 unspecified atom stereocenters. The molecular weight excluding hydrogens is 264 g/mol. The molecule has 114 valence electrons. The van der Waals surface area contributed by atoms with Crippen molar-refractivity contribution < 1.29 is 4.79 Å². The number of rotatable bonds is 5. The summed E-state index contributed by atoms with van der Waals surface area (Å²) in [5.41, 5.74) is 7.72. The van der Waals surface area contributed by atoms with Crippen molar-refractivity contribution in [1.82, 2.24) is 10.2 Å². The minimum absolute atomic E-state index is 0.169. The number of nitrogens with zero attached hydrogens (tertiary/aromatic N) is 2. The number of piperazine rings is 1. The summed E-state index contributed by atoms with van der Waals surface area (Å²) in [6.07, 6.45) is 2.56. The first-order valence-electron chi connectivity index (χ1n) is 7.80. The van der Waals surface area contributed by atoms with E-state index in [1.165, 1.54) is 18.5 Å². The van der Waals surface area contributed by atoms with Crippen LogP contribution in [-0.4, -0.2) is 50.1 Å². The van der Waals surface area contributed by atoms with Crippen LogP contribution >= 0.6 is 0 Å². The lowest BCUT2D eigenvalue weighted by Gasteiger charge is -2.35. The van der Waals surface area contributed by atoms with Crippen LogP contribution in [0.1, 0.15) is 12.8 Å². The van der Waals surface area contributed by atoms with E-state index in [1.807, 2.05) is 12.1 Å². The van der Waals surface area contributed by atoms with Crippen LogP contribution in [0.3, 0.4) is 0 Å². The van der Waals surface area contributed by atoms with Gasteiger partial charge in [-0.3, -0.25) is 9.69 Å². The number of anilines is 2. The Balaban J connectivity index is 1.41. The third kappa shape index (κ3) is 4.11. The van der Waals surface area contributed by atoms with Crippen molar-refractivity contribution in [2.75, 3.05) is 49.9 Å². The highest BCUT2D eigenvalue weighted by atomic mass is 16.2. The summed E-state index contributed by atoms with van der Waals surface area (Å²) < 4.78 is 0. The molecule has 1 aromatic carbocycles. The quantitative estimate of drug-likeness (QED) is 0.791. The molecule has 2 aliphatic rings. The lowest BCUT2D eigenvalue weighted by atomic mass is 10.2. The zero-order chi connectivity index (χ0) is 14.7. The van der Waals surface area contributed by atoms with E-state index in [4.69, 9.17) is 5.73 Å². The standard InChI is InChI=1S/C16H24N4O/c17-14-3-5-15(6-4-14)20-9-7-19(8-10-20)12-16(21)18-11-13-1-2-13/h3-6,13H,1-2,7-12,17H2,(H,18,21). The zero-order valence-corrected chi connectivity index (χ0v) is 12.4. The van der Waals surface area contributed by atoms with Gasteiger partial charge in [0.2, 0.25) is 5.91 Å². The lowest BCUT2D eigenvalue weighted by molar-refractivity contribution is -0.122. The van der Waals surface area contributed by atoms with Gasteiger partial charge in [0, 0.05) is 44.1 Å². The number of nitrogen functional groups attached to an aromatic ring is 1. The Morgan fingerprint density at radius 2 is 1.81 bits per heavy atom. The highest BCUT2D eigenvalue weighted by molar-refractivity contribution is 5.78. The van der Waals surface area contributed by atoms with Gasteiger partial charge in [0.25, 0.3) is 0 Å². The van der Waals surface area contributed by atoms with E-state index in [1.54, 1.807) is 0 Å². The predicted octanol–water partition coefficient (Wildman–Crippen LogP) is 0.917. The molecule has 5 nitrogen and oxygen atoms in total. The van der Waals surface area contributed by atoms with Crippen molar-refractivity contribution in [3.05, 3.63) is 24.3 Å². The van der Waals surface area contributed by atoms with Crippen LogP contribution in [0.25, 0.3) is 0 Å². The Kier molecular flexibility index (Phi) is 4.29. The van der Waals surface area contributed by atoms with E-state index in [0.717, 1.165) is 44.3 Å². The van der Waals surface area contributed by atoms with Gasteiger partial charge in [0.15, 0.2) is 0 Å². The average Bonchev–Trinajstić information content (AvgIpc) is 3.31. The first-order valence-corrected chi connectivity index (χ1v) is 7.80. The minimum Gasteiger partial charge on any atom is -0.399 e. The first kappa shape index (κ1) is 14.2. The van der Waals surface area contributed by atoms with Gasteiger partial charge in [-0.2, -0.15) is 0 Å². The molecule has 1 aliphatic heterocycles. The fourth-order valence-corrected chi connectivity index (χ4v) is 2.69. The average molecular weight is 288 g/mol. The Labute approximate surface area is 126 Å². The van der Waals surface area contributed by atoms with E-state index in [-0.39, 0.29) is 5.91 Å². The fourth-order valence-electron chi connectivity index (χ4n) is 2.69. The summed E-state index contributed by atoms with van der Waals surface area (Å²) in [6.45, 7) is 5.18. The predicted molar refractivity (Wildman–Crippen MR) is 85.2 cm³/mol. The van der Waals surface area contributed by atoms with Crippen LogP contribution < -0.4 is 16.0 Å². The first-order chi connectivity index (χ1) is 10.2. The second-order valence-electron chi connectivity index (χ2n) is 6.10. The molecule has 1 aliphatic carbocycles. The number of benzene rings is 1. The maximum absolute atomic E-state index is 11.9. The third-order valence-corrected chi connectivity index (χ3v) is 4.28. The molecule has 0 atom stereocenters. The molecule has 1 saturated heterocycles. The van der Waals surface area contributed by atoms with Gasteiger partial charge in [-0.25, -0.2) is 0 Å². The SMILES string of the molecule is Nc1ccc(N2CCN(CC(=O)NCC3CC3)CC2)cc1. The highest BCUT2D eigenvalue weighted by Gasteiger charge is 2.23. The summed E-state index contributed by atoms with van der Waals surface area (Å²) in [4.78, 5) is 16.4. The third-order valence-electron chi connectivity index (χ3n) is 4.28. The fraction of sp³-hybridized carbons (Fsp3) is 0.562. The van der Waals surface area contributed by atoms with Crippen molar-refractivity contribution in [3.63, 3.8) is 0 Å². The molecule has 1 amide bonds. The van der Waals surface area contributed by atoms with E-state index in [9.17, 15) is 4.79 Å². The van der Waals surface area contributed by atoms with Crippen LogP contribution in [-0.2, 0) is 4.79 Å². The van der Waals surface area contributed by atoms with Gasteiger partial charge in [0.05, 0.1) is 6.54 Å². The molecule has 2 fully saturated rings. The Hall–Kier alpha value is -1.75. The summed E-state index contributed by atoms with van der Waals surface area (Å²) in [5.74, 6) is 0.916. The van der Waals surface area contributed by atoms with Crippen molar-refractivity contribution in [2.45, 2.75) is 12.8 Å². The summed E-state index contributed by atoms with van der Waals surface area (Å²) in [7, 11) is 0. The number of hydrogen-bond acceptors (Lipinski definition) is 4. The molecule has 1 aromatic rings. The van der Waals surface area contributed by atoms with Gasteiger partial charge >= 0.3 is 0 Å². The number of amides is 1. The van der Waals surface area contributed by atoms with Crippen LogP contribution in [0.15, 0.2) is 24.3 Å². The summed E-state index contributed by atoms with van der Waals surface area (Å²) >= 11 is 0. The molecule has 3 rings (SSSR count). The highest BCUT2D eigenvalue weighted by Crippen LogP contribution is 2.27. The Morgan fingerprint density at radius 3 is 2.43 bits per heavy atom. The Morgan fingerprint density at radius 1 is 1.14 bits per heavy atom. The normalized spacial score (nSPS) is 19.5. The van der Waals surface area contributed by atoms with Gasteiger partial charge in [0.1, 0.15) is 0 Å². The summed E-state index contributed by atoms with van der Waals surface area (Å²) in [6, 6.07) is 8.00. The topological polar surface area (TPSA) is 61.6 Å². The maximum atomic E-state index is 11.9. The number of carbonyl (C=O) groups is 1. The van der Waals surface area contributed by atoms with Crippen LogP contribution in [0.5, 0.6) is 0 Å². The maximum Gasteiger partial charge on any atom is 0.234 e. The molecule has 1 saturated carbocycles. The number of carbonyl (C=O) groups excluding carboxylic acids is 1. The van der Waals surface area contributed by atoms with E-state index >= 15 is 0 Å². The van der Waals surface area contributed by atoms with E-state index < -0.39 is 0 Å². The monoisotopic (exact) mass is 288 g/mol. The van der Waals surface area contributed by atoms with E-state index in [2.05, 4.69) is 27.2 Å².